The summed E-state index contributed by atoms with van der Waals surface area (Å²) in [6.07, 6.45) is 0.668. The van der Waals surface area contributed by atoms with E-state index in [2.05, 4.69) is 20.6 Å². The van der Waals surface area contributed by atoms with Gasteiger partial charge in [-0.25, -0.2) is 4.98 Å². The first-order valence-electron chi connectivity index (χ1n) is 9.90. The minimum absolute atomic E-state index is 0.136. The van der Waals surface area contributed by atoms with Crippen LogP contribution >= 0.6 is 0 Å². The molecule has 0 aliphatic rings. The maximum absolute atomic E-state index is 12.7. The van der Waals surface area contributed by atoms with Crippen LogP contribution in [0.1, 0.15) is 43.4 Å². The van der Waals surface area contributed by atoms with E-state index in [0.717, 1.165) is 27.5 Å². The van der Waals surface area contributed by atoms with Crippen LogP contribution in [0.4, 0.5) is 0 Å². The lowest BCUT2D eigenvalue weighted by atomic mass is 10.0. The molecule has 1 aromatic carbocycles. The number of pyridine rings is 1. The molecule has 4 N–H and O–H groups in total. The van der Waals surface area contributed by atoms with Gasteiger partial charge in [-0.15, -0.1) is 0 Å². The highest BCUT2D eigenvalue weighted by atomic mass is 16.3. The van der Waals surface area contributed by atoms with Crippen molar-refractivity contribution in [2.75, 3.05) is 6.61 Å². The number of hydrogen-bond acceptors (Lipinski definition) is 4. The number of benzene rings is 1. The van der Waals surface area contributed by atoms with E-state index in [0.29, 0.717) is 12.3 Å². The molecule has 0 aliphatic heterocycles. The van der Waals surface area contributed by atoms with Crippen molar-refractivity contribution in [1.82, 2.24) is 20.6 Å². The summed E-state index contributed by atoms with van der Waals surface area (Å²) >= 11 is 0. The topological polar surface area (TPSA) is 107 Å². The molecule has 0 aliphatic carbocycles. The maximum Gasteiger partial charge on any atom is 0.270 e. The van der Waals surface area contributed by atoms with E-state index >= 15 is 0 Å². The Kier molecular flexibility index (Phi) is 6.17. The SMILES string of the molecule is Cc1nc(C(=O)NC(C)C(=O)NC(CO)CC(C)C)cc2c1[nH]c1ccccc12. The molecule has 0 spiro atoms. The minimum Gasteiger partial charge on any atom is -0.394 e. The first-order valence-corrected chi connectivity index (χ1v) is 9.90. The van der Waals surface area contributed by atoms with E-state index in [9.17, 15) is 14.7 Å². The summed E-state index contributed by atoms with van der Waals surface area (Å²) < 4.78 is 0. The van der Waals surface area contributed by atoms with Crippen LogP contribution in [0.25, 0.3) is 21.8 Å². The Bertz CT molecular complexity index is 1040. The summed E-state index contributed by atoms with van der Waals surface area (Å²) in [4.78, 5) is 32.9. The summed E-state index contributed by atoms with van der Waals surface area (Å²) in [5, 5.41) is 16.9. The standard InChI is InChI=1S/C22H28N4O3/c1-12(2)9-15(11-27)25-21(28)14(4)24-22(29)19-10-17-16-7-5-6-8-18(16)26-20(17)13(3)23-19/h5-8,10,12,14-15,26-27H,9,11H2,1-4H3,(H,24,29)(H,25,28). The zero-order valence-corrected chi connectivity index (χ0v) is 17.2. The molecule has 154 valence electrons. The van der Waals surface area contributed by atoms with Gasteiger partial charge in [0.25, 0.3) is 5.91 Å². The third-order valence-electron chi connectivity index (χ3n) is 4.97. The molecular weight excluding hydrogens is 368 g/mol. The number of amides is 2. The fourth-order valence-corrected chi connectivity index (χ4v) is 3.53. The number of carbonyl (C=O) groups is 2. The number of aliphatic hydroxyl groups is 1. The smallest absolute Gasteiger partial charge is 0.270 e. The van der Waals surface area contributed by atoms with Crippen LogP contribution in [0.3, 0.4) is 0 Å². The first kappa shape index (κ1) is 20.8. The van der Waals surface area contributed by atoms with E-state index in [4.69, 9.17) is 0 Å². The van der Waals surface area contributed by atoms with Crippen LogP contribution in [0.15, 0.2) is 30.3 Å². The molecule has 29 heavy (non-hydrogen) atoms. The van der Waals surface area contributed by atoms with Crippen molar-refractivity contribution < 1.29 is 14.7 Å². The molecule has 0 fully saturated rings. The highest BCUT2D eigenvalue weighted by Gasteiger charge is 2.21. The summed E-state index contributed by atoms with van der Waals surface area (Å²) in [6.45, 7) is 7.38. The number of aryl methyl sites for hydroxylation is 1. The molecule has 3 aromatic rings. The van der Waals surface area contributed by atoms with Crippen LogP contribution in [-0.4, -0.2) is 45.6 Å². The van der Waals surface area contributed by atoms with Crippen LogP contribution < -0.4 is 10.6 Å². The maximum atomic E-state index is 12.7. The number of aromatic nitrogens is 2. The Morgan fingerprint density at radius 2 is 1.86 bits per heavy atom. The number of carbonyl (C=O) groups excluding carboxylic acids is 2. The van der Waals surface area contributed by atoms with Gasteiger partial charge in [-0.1, -0.05) is 32.0 Å². The molecule has 2 atom stereocenters. The third kappa shape index (κ3) is 4.56. The second-order valence-electron chi connectivity index (χ2n) is 7.90. The van der Waals surface area contributed by atoms with E-state index in [-0.39, 0.29) is 24.2 Å². The van der Waals surface area contributed by atoms with E-state index in [1.807, 2.05) is 45.0 Å². The number of para-hydroxylation sites is 1. The lowest BCUT2D eigenvalue weighted by molar-refractivity contribution is -0.123. The quantitative estimate of drug-likeness (QED) is 0.492. The normalized spacial score (nSPS) is 13.6. The first-order chi connectivity index (χ1) is 13.8. The van der Waals surface area contributed by atoms with Gasteiger partial charge in [0.2, 0.25) is 5.91 Å². The van der Waals surface area contributed by atoms with Crippen molar-refractivity contribution in [3.05, 3.63) is 41.7 Å². The number of aromatic amines is 1. The predicted molar refractivity (Wildman–Crippen MR) is 114 cm³/mol. The largest absolute Gasteiger partial charge is 0.394 e. The van der Waals surface area contributed by atoms with E-state index < -0.39 is 11.9 Å². The number of rotatable bonds is 7. The molecule has 2 unspecified atom stereocenters. The molecule has 2 amide bonds. The Hall–Kier alpha value is -2.93. The van der Waals surface area contributed by atoms with Crippen molar-refractivity contribution >= 4 is 33.6 Å². The van der Waals surface area contributed by atoms with Crippen molar-refractivity contribution in [1.29, 1.82) is 0 Å². The summed E-state index contributed by atoms with van der Waals surface area (Å²) in [5.74, 6) is -0.400. The fourth-order valence-electron chi connectivity index (χ4n) is 3.53. The van der Waals surface area contributed by atoms with Gasteiger partial charge in [-0.2, -0.15) is 0 Å². The van der Waals surface area contributed by atoms with Gasteiger partial charge in [0.1, 0.15) is 11.7 Å². The number of fused-ring (bicyclic) bond motifs is 3. The fraction of sp³-hybridized carbons (Fsp3) is 0.409. The van der Waals surface area contributed by atoms with Crippen molar-refractivity contribution in [3.63, 3.8) is 0 Å². The van der Waals surface area contributed by atoms with Crippen LogP contribution in [0.2, 0.25) is 0 Å². The minimum atomic E-state index is -0.746. The molecule has 0 saturated carbocycles. The summed E-state index contributed by atoms with van der Waals surface area (Å²) in [6, 6.07) is 8.55. The molecule has 2 aromatic heterocycles. The Morgan fingerprint density at radius 3 is 2.55 bits per heavy atom. The van der Waals surface area contributed by atoms with Crippen LogP contribution in [0.5, 0.6) is 0 Å². The second kappa shape index (κ2) is 8.61. The zero-order valence-electron chi connectivity index (χ0n) is 17.2. The van der Waals surface area contributed by atoms with Crippen molar-refractivity contribution in [2.24, 2.45) is 5.92 Å². The molecule has 2 heterocycles. The lowest BCUT2D eigenvalue weighted by Crippen LogP contribution is -2.49. The molecule has 0 radical (unpaired) electrons. The highest BCUT2D eigenvalue weighted by molar-refractivity contribution is 6.10. The summed E-state index contributed by atoms with van der Waals surface area (Å²) in [5.41, 5.74) is 2.87. The zero-order chi connectivity index (χ0) is 21.1. The number of nitrogens with one attached hydrogen (secondary N) is 3. The van der Waals surface area contributed by atoms with Gasteiger partial charge < -0.3 is 20.7 Å². The van der Waals surface area contributed by atoms with Gasteiger partial charge in [0, 0.05) is 16.3 Å². The highest BCUT2D eigenvalue weighted by Crippen LogP contribution is 2.27. The molecule has 7 nitrogen and oxygen atoms in total. The van der Waals surface area contributed by atoms with Crippen molar-refractivity contribution in [2.45, 2.75) is 46.2 Å². The van der Waals surface area contributed by atoms with E-state index in [1.54, 1.807) is 13.0 Å². The Balaban J connectivity index is 1.77. The third-order valence-corrected chi connectivity index (χ3v) is 4.97. The van der Waals surface area contributed by atoms with Gasteiger partial charge >= 0.3 is 0 Å². The van der Waals surface area contributed by atoms with Gasteiger partial charge in [0.05, 0.1) is 23.9 Å². The predicted octanol–water partition coefficient (Wildman–Crippen LogP) is 2.67. The number of aliphatic hydroxyl groups excluding tert-OH is 1. The van der Waals surface area contributed by atoms with Gasteiger partial charge in [0.15, 0.2) is 0 Å². The number of nitrogens with zero attached hydrogens (tertiary/aromatic N) is 1. The Labute approximate surface area is 169 Å². The number of hydrogen-bond donors (Lipinski definition) is 4. The van der Waals surface area contributed by atoms with Gasteiger partial charge in [-0.05, 0) is 38.3 Å². The lowest BCUT2D eigenvalue weighted by Gasteiger charge is -2.21. The van der Waals surface area contributed by atoms with Crippen molar-refractivity contribution in [3.8, 4) is 0 Å². The average Bonchev–Trinajstić information content (AvgIpc) is 3.06. The molecular formula is C22H28N4O3. The second-order valence-corrected chi connectivity index (χ2v) is 7.90. The molecule has 7 heteroatoms. The average molecular weight is 396 g/mol. The van der Waals surface area contributed by atoms with Crippen LogP contribution in [-0.2, 0) is 4.79 Å². The summed E-state index contributed by atoms with van der Waals surface area (Å²) in [7, 11) is 0. The molecule has 0 saturated heterocycles. The number of H-pyrrole nitrogens is 1. The van der Waals surface area contributed by atoms with Crippen LogP contribution in [0, 0.1) is 12.8 Å². The Morgan fingerprint density at radius 1 is 1.14 bits per heavy atom. The molecule has 0 bridgehead atoms. The van der Waals surface area contributed by atoms with Gasteiger partial charge in [-0.3, -0.25) is 9.59 Å². The molecule has 3 rings (SSSR count). The monoisotopic (exact) mass is 396 g/mol. The van der Waals surface area contributed by atoms with E-state index in [1.165, 1.54) is 0 Å².